The number of fused-ring (bicyclic) bond motifs is 1. The first-order valence-corrected chi connectivity index (χ1v) is 11.6. The molecule has 1 atom stereocenters. The van der Waals surface area contributed by atoms with E-state index in [1.54, 1.807) is 30.5 Å². The molecule has 1 aromatic carbocycles. The predicted molar refractivity (Wildman–Crippen MR) is 135 cm³/mol. The van der Waals surface area contributed by atoms with Gasteiger partial charge in [-0.3, -0.25) is 9.69 Å². The van der Waals surface area contributed by atoms with Crippen LogP contribution in [0.4, 0.5) is 5.82 Å². The first-order valence-electron chi connectivity index (χ1n) is 11.3. The highest BCUT2D eigenvalue weighted by Gasteiger charge is 2.28. The Hall–Kier alpha value is -3.66. The van der Waals surface area contributed by atoms with Crippen molar-refractivity contribution in [2.24, 2.45) is 0 Å². The summed E-state index contributed by atoms with van der Waals surface area (Å²) in [5.41, 5.74) is 4.63. The molecule has 1 aliphatic heterocycles. The van der Waals surface area contributed by atoms with Crippen molar-refractivity contribution in [2.75, 3.05) is 18.4 Å². The average Bonchev–Trinajstić information content (AvgIpc) is 3.47. The first-order chi connectivity index (χ1) is 16.7. The lowest BCUT2D eigenvalue weighted by atomic mass is 10.0. The van der Waals surface area contributed by atoms with Gasteiger partial charge in [0.2, 0.25) is 0 Å². The molecule has 0 spiro atoms. The van der Waals surface area contributed by atoms with Crippen LogP contribution < -0.4 is 5.32 Å². The minimum atomic E-state index is -0.256. The van der Waals surface area contributed by atoms with Gasteiger partial charge in [-0.05, 0) is 68.3 Å². The van der Waals surface area contributed by atoms with E-state index in [1.165, 1.54) is 5.56 Å². The lowest BCUT2D eigenvalue weighted by Crippen LogP contribution is -2.23. The topological polar surface area (TPSA) is 62.5 Å². The van der Waals surface area contributed by atoms with Crippen molar-refractivity contribution in [3.8, 4) is 23.1 Å². The summed E-state index contributed by atoms with van der Waals surface area (Å²) >= 11 is 6.72. The van der Waals surface area contributed by atoms with Gasteiger partial charge in [-0.25, -0.2) is 9.97 Å². The standard InChI is InChI=1S/C27H24ClN5O/c1-2-3-14-32-15-6-7-23(32)21-17-25(33-18-29-13-11-24(21)33)20-10-9-19(16-22(20)28)27(34)31-26-8-4-5-12-30-26/h4-5,8-13,16-18,23H,6-7,14-15H2,1H3,(H,30,31,34). The lowest BCUT2D eigenvalue weighted by molar-refractivity contribution is 0.102. The third-order valence-corrected chi connectivity index (χ3v) is 6.52. The number of pyridine rings is 1. The summed E-state index contributed by atoms with van der Waals surface area (Å²) in [6.45, 7) is 3.68. The Morgan fingerprint density at radius 1 is 1.21 bits per heavy atom. The number of nitrogens with zero attached hydrogens (tertiary/aromatic N) is 4. The van der Waals surface area contributed by atoms with E-state index in [1.807, 2.05) is 37.6 Å². The number of carbonyl (C=O) groups excluding carboxylic acids is 1. The van der Waals surface area contributed by atoms with Gasteiger partial charge in [0.1, 0.15) is 5.82 Å². The van der Waals surface area contributed by atoms with Crippen molar-refractivity contribution in [3.63, 3.8) is 0 Å². The lowest BCUT2D eigenvalue weighted by Gasteiger charge is -2.21. The molecule has 1 aliphatic rings. The molecule has 0 saturated carbocycles. The summed E-state index contributed by atoms with van der Waals surface area (Å²) in [5.74, 6) is 6.46. The summed E-state index contributed by atoms with van der Waals surface area (Å²) in [5, 5.41) is 3.30. The Labute approximate surface area is 203 Å². The van der Waals surface area contributed by atoms with Crippen LogP contribution in [0.2, 0.25) is 5.02 Å². The number of carbonyl (C=O) groups is 1. The number of rotatable bonds is 5. The summed E-state index contributed by atoms with van der Waals surface area (Å²) in [6, 6.07) is 15.3. The van der Waals surface area contributed by atoms with Crippen molar-refractivity contribution in [3.05, 3.63) is 83.4 Å². The van der Waals surface area contributed by atoms with E-state index in [0.29, 0.717) is 22.4 Å². The molecule has 170 valence electrons. The summed E-state index contributed by atoms with van der Waals surface area (Å²) in [7, 11) is 0. The maximum Gasteiger partial charge on any atom is 0.256 e. The summed E-state index contributed by atoms with van der Waals surface area (Å²) in [4.78, 5) is 23.6. The summed E-state index contributed by atoms with van der Waals surface area (Å²) in [6.07, 6.45) is 7.51. The predicted octanol–water partition coefficient (Wildman–Crippen LogP) is 5.46. The molecule has 0 bridgehead atoms. The van der Waals surface area contributed by atoms with Crippen LogP contribution in [0.15, 0.2) is 67.3 Å². The third-order valence-electron chi connectivity index (χ3n) is 6.20. The number of likely N-dealkylation sites (tertiary alicyclic amines) is 1. The molecule has 0 radical (unpaired) electrons. The molecule has 4 aromatic rings. The van der Waals surface area contributed by atoms with E-state index in [-0.39, 0.29) is 5.91 Å². The van der Waals surface area contributed by atoms with Crippen molar-refractivity contribution in [1.82, 2.24) is 19.3 Å². The van der Waals surface area contributed by atoms with Crippen LogP contribution >= 0.6 is 11.6 Å². The van der Waals surface area contributed by atoms with Gasteiger partial charge in [0.15, 0.2) is 0 Å². The van der Waals surface area contributed by atoms with Crippen LogP contribution in [0.5, 0.6) is 0 Å². The number of anilines is 1. The highest BCUT2D eigenvalue weighted by molar-refractivity contribution is 6.33. The molecular weight excluding hydrogens is 446 g/mol. The number of halogens is 1. The number of hydrogen-bond acceptors (Lipinski definition) is 4. The Kier molecular flexibility index (Phi) is 6.31. The molecule has 6 nitrogen and oxygen atoms in total. The van der Waals surface area contributed by atoms with Crippen molar-refractivity contribution in [1.29, 1.82) is 0 Å². The monoisotopic (exact) mass is 469 g/mol. The van der Waals surface area contributed by atoms with E-state index >= 15 is 0 Å². The minimum Gasteiger partial charge on any atom is -0.307 e. The van der Waals surface area contributed by atoms with E-state index in [2.05, 4.69) is 42.5 Å². The highest BCUT2D eigenvalue weighted by Crippen LogP contribution is 2.39. The van der Waals surface area contributed by atoms with Gasteiger partial charge >= 0.3 is 0 Å². The second-order valence-electron chi connectivity index (χ2n) is 8.24. The summed E-state index contributed by atoms with van der Waals surface area (Å²) < 4.78 is 2.08. The van der Waals surface area contributed by atoms with Crippen LogP contribution in [-0.4, -0.2) is 38.3 Å². The van der Waals surface area contributed by atoms with E-state index in [0.717, 1.165) is 42.7 Å². The molecule has 4 heterocycles. The zero-order valence-corrected chi connectivity index (χ0v) is 19.6. The fraction of sp³-hybridized carbons (Fsp3) is 0.222. The van der Waals surface area contributed by atoms with Gasteiger partial charge in [-0.15, -0.1) is 5.92 Å². The fourth-order valence-corrected chi connectivity index (χ4v) is 4.87. The van der Waals surface area contributed by atoms with Gasteiger partial charge in [0.25, 0.3) is 5.91 Å². The molecule has 34 heavy (non-hydrogen) atoms. The molecule has 1 unspecified atom stereocenters. The number of aromatic nitrogens is 3. The van der Waals surface area contributed by atoms with E-state index in [4.69, 9.17) is 11.6 Å². The average molecular weight is 470 g/mol. The number of benzene rings is 1. The van der Waals surface area contributed by atoms with E-state index < -0.39 is 0 Å². The Morgan fingerprint density at radius 3 is 2.91 bits per heavy atom. The Morgan fingerprint density at radius 2 is 2.12 bits per heavy atom. The molecule has 7 heteroatoms. The van der Waals surface area contributed by atoms with Crippen LogP contribution in [0.3, 0.4) is 0 Å². The van der Waals surface area contributed by atoms with Crippen molar-refractivity contribution >= 4 is 28.8 Å². The van der Waals surface area contributed by atoms with Crippen LogP contribution in [0, 0.1) is 11.8 Å². The molecule has 3 aromatic heterocycles. The highest BCUT2D eigenvalue weighted by atomic mass is 35.5. The Bertz CT molecular complexity index is 1400. The van der Waals surface area contributed by atoms with Crippen LogP contribution in [0.25, 0.3) is 16.8 Å². The smallest absolute Gasteiger partial charge is 0.256 e. The SMILES string of the molecule is CC#CCN1CCCC1c1cc(-c2ccc(C(=O)Nc3ccccn3)cc2Cl)n2cnccc12. The Balaban J connectivity index is 1.50. The van der Waals surface area contributed by atoms with Gasteiger partial charge in [0, 0.05) is 29.6 Å². The van der Waals surface area contributed by atoms with Gasteiger partial charge < -0.3 is 9.72 Å². The molecule has 5 rings (SSSR count). The van der Waals surface area contributed by atoms with Gasteiger partial charge in [0.05, 0.1) is 29.1 Å². The maximum absolute atomic E-state index is 12.7. The number of nitrogens with one attached hydrogen (secondary N) is 1. The third kappa shape index (κ3) is 4.28. The maximum atomic E-state index is 12.7. The van der Waals surface area contributed by atoms with Gasteiger partial charge in [-0.2, -0.15) is 0 Å². The first kappa shape index (κ1) is 22.1. The molecule has 1 N–H and O–H groups in total. The zero-order chi connectivity index (χ0) is 23.5. The van der Waals surface area contributed by atoms with E-state index in [9.17, 15) is 4.79 Å². The quantitative estimate of drug-likeness (QED) is 0.394. The molecule has 1 fully saturated rings. The largest absolute Gasteiger partial charge is 0.307 e. The van der Waals surface area contributed by atoms with Crippen molar-refractivity contribution < 1.29 is 4.79 Å². The normalized spacial score (nSPS) is 15.8. The van der Waals surface area contributed by atoms with Crippen LogP contribution in [0.1, 0.15) is 41.7 Å². The second kappa shape index (κ2) is 9.68. The minimum absolute atomic E-state index is 0.256. The second-order valence-corrected chi connectivity index (χ2v) is 8.65. The number of amides is 1. The van der Waals surface area contributed by atoms with Gasteiger partial charge in [-0.1, -0.05) is 29.7 Å². The van der Waals surface area contributed by atoms with Crippen molar-refractivity contribution in [2.45, 2.75) is 25.8 Å². The molecule has 1 saturated heterocycles. The molecule has 1 amide bonds. The molecule has 0 aliphatic carbocycles. The zero-order valence-electron chi connectivity index (χ0n) is 18.8. The fourth-order valence-electron chi connectivity index (χ4n) is 4.59. The van der Waals surface area contributed by atoms with Crippen LogP contribution in [-0.2, 0) is 0 Å². The molecular formula is C27H24ClN5O. The number of hydrogen-bond donors (Lipinski definition) is 1.